The zero-order valence-corrected chi connectivity index (χ0v) is 18.5. The summed E-state index contributed by atoms with van der Waals surface area (Å²) < 4.78 is 25.9. The van der Waals surface area contributed by atoms with Crippen molar-refractivity contribution in [2.75, 3.05) is 13.7 Å². The first kappa shape index (κ1) is 24.3. The Balaban J connectivity index is 1.58. The third-order valence-electron chi connectivity index (χ3n) is 4.89. The predicted molar refractivity (Wildman–Crippen MR) is 123 cm³/mol. The number of hydrogen-bond acceptors (Lipinski definition) is 6. The fraction of sp³-hybridized carbons (Fsp3) is 0.192. The van der Waals surface area contributed by atoms with E-state index >= 15 is 0 Å². The number of benzene rings is 3. The second-order valence-corrected chi connectivity index (χ2v) is 7.28. The molecule has 0 heterocycles. The number of carboxylic acid groups (broad SMARTS) is 1. The maximum absolute atomic E-state index is 14.6. The van der Waals surface area contributed by atoms with Gasteiger partial charge in [0.1, 0.15) is 31.8 Å². The van der Waals surface area contributed by atoms with Gasteiger partial charge in [0.25, 0.3) is 0 Å². The third kappa shape index (κ3) is 6.81. The lowest BCUT2D eigenvalue weighted by molar-refractivity contribution is -0.137. The summed E-state index contributed by atoms with van der Waals surface area (Å²) >= 11 is 0. The van der Waals surface area contributed by atoms with Crippen LogP contribution in [0, 0.1) is 17.1 Å². The van der Waals surface area contributed by atoms with Crippen molar-refractivity contribution in [2.45, 2.75) is 18.9 Å². The van der Waals surface area contributed by atoms with Crippen molar-refractivity contribution in [3.63, 3.8) is 0 Å². The Morgan fingerprint density at radius 2 is 1.82 bits per heavy atom. The van der Waals surface area contributed by atoms with Crippen molar-refractivity contribution in [1.82, 2.24) is 0 Å². The number of rotatable bonds is 11. The molecule has 0 saturated carbocycles. The highest BCUT2D eigenvalue weighted by atomic mass is 19.1. The van der Waals surface area contributed by atoms with Crippen LogP contribution in [0.3, 0.4) is 0 Å². The van der Waals surface area contributed by atoms with E-state index in [1.54, 1.807) is 30.3 Å². The van der Waals surface area contributed by atoms with Crippen LogP contribution in [0.2, 0.25) is 0 Å². The number of nitriles is 1. The van der Waals surface area contributed by atoms with Crippen LogP contribution in [0.5, 0.6) is 11.5 Å². The highest BCUT2D eigenvalue weighted by molar-refractivity contribution is 6.01. The van der Waals surface area contributed by atoms with Gasteiger partial charge in [0.05, 0.1) is 18.4 Å². The van der Waals surface area contributed by atoms with Gasteiger partial charge >= 0.3 is 5.97 Å². The van der Waals surface area contributed by atoms with Crippen LogP contribution < -0.4 is 9.47 Å². The van der Waals surface area contributed by atoms with E-state index in [1.807, 2.05) is 36.4 Å². The molecule has 3 aromatic carbocycles. The molecule has 0 radical (unpaired) electrons. The van der Waals surface area contributed by atoms with E-state index in [2.05, 4.69) is 5.16 Å². The molecule has 0 bridgehead atoms. The number of nitrogens with zero attached hydrogens (tertiary/aromatic N) is 2. The normalized spacial score (nSPS) is 11.9. The minimum absolute atomic E-state index is 0.0303. The van der Waals surface area contributed by atoms with Crippen LogP contribution in [-0.4, -0.2) is 30.5 Å². The van der Waals surface area contributed by atoms with Crippen LogP contribution in [-0.2, 0) is 16.2 Å². The third-order valence-corrected chi connectivity index (χ3v) is 4.89. The molecule has 34 heavy (non-hydrogen) atoms. The standard InChI is InChI=1S/C26H23FN2O5/c1-32-29-24(20-5-3-2-4-6-20)17-34-25-12-7-18(13-23(25)27)16-33-22-10-8-19(9-11-22)21(15-28)14-26(30)31/h2-13,21H,14,16-17H2,1H3,(H,30,31)/b29-24+. The van der Waals surface area contributed by atoms with Crippen molar-refractivity contribution in [3.05, 3.63) is 95.3 Å². The minimum atomic E-state index is -1.04. The van der Waals surface area contributed by atoms with Crippen LogP contribution in [0.4, 0.5) is 4.39 Å². The first-order chi connectivity index (χ1) is 16.5. The van der Waals surface area contributed by atoms with Crippen molar-refractivity contribution >= 4 is 11.7 Å². The molecule has 0 aliphatic carbocycles. The molecule has 0 aliphatic rings. The van der Waals surface area contributed by atoms with Gasteiger partial charge in [0.15, 0.2) is 11.6 Å². The van der Waals surface area contributed by atoms with Gasteiger partial charge < -0.3 is 19.4 Å². The maximum atomic E-state index is 14.6. The largest absolute Gasteiger partial charge is 0.489 e. The fourth-order valence-electron chi connectivity index (χ4n) is 3.18. The summed E-state index contributed by atoms with van der Waals surface area (Å²) in [5.41, 5.74) is 2.53. The van der Waals surface area contributed by atoms with E-state index < -0.39 is 17.7 Å². The predicted octanol–water partition coefficient (Wildman–Crippen LogP) is 4.92. The molecule has 0 spiro atoms. The second kappa shape index (κ2) is 12.0. The molecule has 0 amide bonds. The SMILES string of the molecule is CO/N=C(\COc1ccc(COc2ccc(C(C#N)CC(=O)O)cc2)cc1F)c1ccccc1. The number of aliphatic carboxylic acids is 1. The smallest absolute Gasteiger partial charge is 0.305 e. The van der Waals surface area contributed by atoms with Crippen LogP contribution in [0.1, 0.15) is 29.0 Å². The van der Waals surface area contributed by atoms with E-state index in [0.717, 1.165) is 5.56 Å². The highest BCUT2D eigenvalue weighted by Crippen LogP contribution is 2.24. The molecule has 8 heteroatoms. The van der Waals surface area contributed by atoms with Crippen molar-refractivity contribution in [1.29, 1.82) is 5.26 Å². The summed E-state index contributed by atoms with van der Waals surface area (Å²) in [4.78, 5) is 15.7. The number of carbonyl (C=O) groups is 1. The van der Waals surface area contributed by atoms with Gasteiger partial charge in [-0.25, -0.2) is 4.39 Å². The summed E-state index contributed by atoms with van der Waals surface area (Å²) in [6, 6.07) is 22.4. The molecule has 174 valence electrons. The first-order valence-electron chi connectivity index (χ1n) is 10.4. The van der Waals surface area contributed by atoms with Crippen LogP contribution in [0.15, 0.2) is 78.0 Å². The summed E-state index contributed by atoms with van der Waals surface area (Å²) in [6.07, 6.45) is -0.269. The van der Waals surface area contributed by atoms with Gasteiger partial charge in [-0.3, -0.25) is 4.79 Å². The molecule has 0 saturated heterocycles. The Hall–Kier alpha value is -4.38. The first-order valence-corrected chi connectivity index (χ1v) is 10.4. The second-order valence-electron chi connectivity index (χ2n) is 7.28. The van der Waals surface area contributed by atoms with Gasteiger partial charge in [-0.15, -0.1) is 0 Å². The highest BCUT2D eigenvalue weighted by Gasteiger charge is 2.15. The average molecular weight is 462 g/mol. The van der Waals surface area contributed by atoms with Crippen molar-refractivity contribution in [2.24, 2.45) is 5.16 Å². The van der Waals surface area contributed by atoms with Crippen LogP contribution >= 0.6 is 0 Å². The number of oxime groups is 1. The number of ether oxygens (including phenoxy) is 2. The summed E-state index contributed by atoms with van der Waals surface area (Å²) in [7, 11) is 1.43. The Morgan fingerprint density at radius 1 is 1.09 bits per heavy atom. The maximum Gasteiger partial charge on any atom is 0.305 e. The van der Waals surface area contributed by atoms with E-state index in [1.165, 1.54) is 19.2 Å². The van der Waals surface area contributed by atoms with E-state index in [9.17, 15) is 9.18 Å². The van der Waals surface area contributed by atoms with E-state index in [4.69, 9.17) is 24.7 Å². The lowest BCUT2D eigenvalue weighted by Gasteiger charge is -2.12. The summed E-state index contributed by atoms with van der Waals surface area (Å²) in [5.74, 6) is -1.71. The number of carboxylic acids is 1. The molecular weight excluding hydrogens is 439 g/mol. The minimum Gasteiger partial charge on any atom is -0.489 e. The van der Waals surface area contributed by atoms with E-state index in [0.29, 0.717) is 22.6 Å². The Kier molecular flexibility index (Phi) is 8.58. The summed E-state index contributed by atoms with van der Waals surface area (Å²) in [6.45, 7) is 0.149. The van der Waals surface area contributed by atoms with Gasteiger partial charge in [0, 0.05) is 5.56 Å². The zero-order chi connectivity index (χ0) is 24.3. The van der Waals surface area contributed by atoms with Gasteiger partial charge in [0.2, 0.25) is 0 Å². The average Bonchev–Trinajstić information content (AvgIpc) is 2.85. The molecule has 0 aliphatic heterocycles. The van der Waals surface area contributed by atoms with Gasteiger partial charge in [-0.05, 0) is 35.4 Å². The number of hydrogen-bond donors (Lipinski definition) is 1. The molecule has 3 aromatic rings. The molecule has 7 nitrogen and oxygen atoms in total. The fourth-order valence-corrected chi connectivity index (χ4v) is 3.18. The summed E-state index contributed by atoms with van der Waals surface area (Å²) in [5, 5.41) is 22.0. The van der Waals surface area contributed by atoms with Crippen molar-refractivity contribution in [3.8, 4) is 17.6 Å². The Labute approximate surface area is 196 Å². The molecule has 1 unspecified atom stereocenters. The van der Waals surface area contributed by atoms with Crippen molar-refractivity contribution < 1.29 is 28.6 Å². The Bertz CT molecular complexity index is 1170. The molecular formula is C26H23FN2O5. The lowest BCUT2D eigenvalue weighted by atomic mass is 9.97. The quantitative estimate of drug-likeness (QED) is 0.321. The number of halogens is 1. The lowest BCUT2D eigenvalue weighted by Crippen LogP contribution is -2.14. The molecule has 0 fully saturated rings. The molecule has 0 aromatic heterocycles. The molecule has 1 atom stereocenters. The van der Waals surface area contributed by atoms with E-state index in [-0.39, 0.29) is 25.4 Å². The molecule has 1 N–H and O–H groups in total. The topological polar surface area (TPSA) is 101 Å². The zero-order valence-electron chi connectivity index (χ0n) is 18.5. The molecule has 3 rings (SSSR count). The van der Waals surface area contributed by atoms with Gasteiger partial charge in [-0.1, -0.05) is 53.7 Å². The van der Waals surface area contributed by atoms with Crippen LogP contribution in [0.25, 0.3) is 0 Å². The Morgan fingerprint density at radius 3 is 2.44 bits per heavy atom. The van der Waals surface area contributed by atoms with Gasteiger partial charge in [-0.2, -0.15) is 5.26 Å². The monoisotopic (exact) mass is 462 g/mol.